The van der Waals surface area contributed by atoms with Crippen LogP contribution in [0.5, 0.6) is 0 Å². The van der Waals surface area contributed by atoms with Crippen LogP contribution in [0.4, 0.5) is 0 Å². The Morgan fingerprint density at radius 3 is 2.41 bits per heavy atom. The van der Waals surface area contributed by atoms with Crippen LogP contribution in [-0.2, 0) is 14.8 Å². The zero-order valence-corrected chi connectivity index (χ0v) is 11.3. The Morgan fingerprint density at radius 1 is 1.35 bits per heavy atom. The lowest BCUT2D eigenvalue weighted by atomic mass is 10.2. The zero-order chi connectivity index (χ0) is 12.9. The van der Waals surface area contributed by atoms with Crippen molar-refractivity contribution < 1.29 is 13.2 Å². The summed E-state index contributed by atoms with van der Waals surface area (Å²) < 4.78 is 25.4. The molecule has 0 heterocycles. The second kappa shape index (κ2) is 6.56. The average molecular weight is 283 g/mol. The molecule has 0 bridgehead atoms. The van der Waals surface area contributed by atoms with Crippen molar-refractivity contribution in [2.24, 2.45) is 5.73 Å². The number of alkyl halides is 1. The molecule has 100 valence electrons. The van der Waals surface area contributed by atoms with E-state index in [0.29, 0.717) is 12.3 Å². The molecule has 1 aliphatic carbocycles. The van der Waals surface area contributed by atoms with Gasteiger partial charge in [0, 0.05) is 11.9 Å². The van der Waals surface area contributed by atoms with Gasteiger partial charge in [-0.05, 0) is 19.3 Å². The fraction of sp³-hybridized carbons (Fsp3) is 0.900. The van der Waals surface area contributed by atoms with Gasteiger partial charge in [-0.25, -0.2) is 8.42 Å². The molecule has 17 heavy (non-hydrogen) atoms. The molecule has 1 rings (SSSR count). The van der Waals surface area contributed by atoms with Crippen LogP contribution in [-0.4, -0.2) is 42.8 Å². The number of halogens is 1. The molecule has 7 heteroatoms. The van der Waals surface area contributed by atoms with Crippen molar-refractivity contribution >= 4 is 27.5 Å². The molecule has 0 aromatic heterocycles. The van der Waals surface area contributed by atoms with Gasteiger partial charge in [0.05, 0.1) is 12.3 Å². The minimum atomic E-state index is -3.41. The molecule has 1 amide bonds. The second-order valence-electron chi connectivity index (χ2n) is 4.31. The van der Waals surface area contributed by atoms with Crippen LogP contribution in [0.15, 0.2) is 0 Å². The normalized spacial score (nSPS) is 17.8. The molecule has 0 aromatic carbocycles. The van der Waals surface area contributed by atoms with Crippen molar-refractivity contribution in [1.29, 1.82) is 0 Å². The van der Waals surface area contributed by atoms with Crippen molar-refractivity contribution in [3.63, 3.8) is 0 Å². The SMILES string of the molecule is NC(=O)CN(C1CCCC1)S(=O)(=O)CCCCl. The van der Waals surface area contributed by atoms with Gasteiger partial charge in [-0.1, -0.05) is 12.8 Å². The zero-order valence-electron chi connectivity index (χ0n) is 9.77. The van der Waals surface area contributed by atoms with E-state index in [-0.39, 0.29) is 18.3 Å². The first-order valence-electron chi connectivity index (χ1n) is 5.81. The maximum absolute atomic E-state index is 12.1. The van der Waals surface area contributed by atoms with Gasteiger partial charge in [0.15, 0.2) is 0 Å². The third-order valence-corrected chi connectivity index (χ3v) is 5.15. The van der Waals surface area contributed by atoms with Crippen molar-refractivity contribution in [1.82, 2.24) is 4.31 Å². The van der Waals surface area contributed by atoms with Gasteiger partial charge in [-0.3, -0.25) is 4.79 Å². The Kier molecular flexibility index (Phi) is 5.69. The van der Waals surface area contributed by atoms with E-state index < -0.39 is 15.9 Å². The smallest absolute Gasteiger partial charge is 0.232 e. The molecule has 0 spiro atoms. The van der Waals surface area contributed by atoms with Crippen LogP contribution in [0.25, 0.3) is 0 Å². The largest absolute Gasteiger partial charge is 0.369 e. The number of carbonyl (C=O) groups is 1. The number of nitrogens with two attached hydrogens (primary N) is 1. The van der Waals surface area contributed by atoms with E-state index in [4.69, 9.17) is 17.3 Å². The molecule has 0 aliphatic heterocycles. The monoisotopic (exact) mass is 282 g/mol. The highest BCUT2D eigenvalue weighted by atomic mass is 35.5. The number of sulfonamides is 1. The number of amides is 1. The van der Waals surface area contributed by atoms with Gasteiger partial charge < -0.3 is 5.73 Å². The fourth-order valence-corrected chi connectivity index (χ4v) is 4.18. The molecule has 1 fully saturated rings. The number of carbonyl (C=O) groups excluding carboxylic acids is 1. The summed E-state index contributed by atoms with van der Waals surface area (Å²) in [6, 6.07) is -0.0668. The topological polar surface area (TPSA) is 80.5 Å². The Morgan fingerprint density at radius 2 is 1.94 bits per heavy atom. The van der Waals surface area contributed by atoms with E-state index in [9.17, 15) is 13.2 Å². The molecule has 0 aromatic rings. The first kappa shape index (κ1) is 14.7. The maximum atomic E-state index is 12.1. The summed E-state index contributed by atoms with van der Waals surface area (Å²) in [4.78, 5) is 11.0. The maximum Gasteiger partial charge on any atom is 0.232 e. The van der Waals surface area contributed by atoms with Crippen LogP contribution < -0.4 is 5.73 Å². The van der Waals surface area contributed by atoms with E-state index in [0.717, 1.165) is 25.7 Å². The Hall–Kier alpha value is -0.330. The van der Waals surface area contributed by atoms with Gasteiger partial charge in [-0.2, -0.15) is 4.31 Å². The minimum absolute atomic E-state index is 0.0136. The summed E-state index contributed by atoms with van der Waals surface area (Å²) in [5, 5.41) is 0. The van der Waals surface area contributed by atoms with Crippen molar-refractivity contribution in [2.75, 3.05) is 18.2 Å². The van der Waals surface area contributed by atoms with Crippen LogP contribution in [0.2, 0.25) is 0 Å². The standard InChI is InChI=1S/C10H19ClN2O3S/c11-6-3-7-17(15,16)13(8-10(12)14)9-4-1-2-5-9/h9H,1-8H2,(H2,12,14). The average Bonchev–Trinajstić information content (AvgIpc) is 2.76. The molecule has 0 unspecified atom stereocenters. The molecule has 0 radical (unpaired) electrons. The van der Waals surface area contributed by atoms with Crippen LogP contribution in [0.3, 0.4) is 0 Å². The quantitative estimate of drug-likeness (QED) is 0.697. The highest BCUT2D eigenvalue weighted by molar-refractivity contribution is 7.89. The molecular weight excluding hydrogens is 264 g/mol. The summed E-state index contributed by atoms with van der Waals surface area (Å²) >= 11 is 5.50. The predicted octanol–water partition coefficient (Wildman–Crippen LogP) is 0.675. The molecule has 5 nitrogen and oxygen atoms in total. The Balaban J connectivity index is 2.76. The number of rotatable bonds is 7. The van der Waals surface area contributed by atoms with E-state index in [1.807, 2.05) is 0 Å². The highest BCUT2D eigenvalue weighted by Crippen LogP contribution is 2.25. The van der Waals surface area contributed by atoms with E-state index in [1.165, 1.54) is 4.31 Å². The van der Waals surface area contributed by atoms with E-state index >= 15 is 0 Å². The molecule has 1 saturated carbocycles. The lowest BCUT2D eigenvalue weighted by Crippen LogP contribution is -2.45. The van der Waals surface area contributed by atoms with Crippen LogP contribution >= 0.6 is 11.6 Å². The fourth-order valence-electron chi connectivity index (χ4n) is 2.15. The highest BCUT2D eigenvalue weighted by Gasteiger charge is 2.32. The molecule has 0 atom stereocenters. The van der Waals surface area contributed by atoms with Crippen molar-refractivity contribution in [2.45, 2.75) is 38.1 Å². The van der Waals surface area contributed by atoms with Gasteiger partial charge in [0.1, 0.15) is 0 Å². The third-order valence-electron chi connectivity index (χ3n) is 2.94. The molecule has 2 N–H and O–H groups in total. The lowest BCUT2D eigenvalue weighted by Gasteiger charge is -2.26. The molecular formula is C10H19ClN2O3S. The van der Waals surface area contributed by atoms with Gasteiger partial charge >= 0.3 is 0 Å². The lowest BCUT2D eigenvalue weighted by molar-refractivity contribution is -0.118. The van der Waals surface area contributed by atoms with Gasteiger partial charge in [0.25, 0.3) is 0 Å². The number of hydrogen-bond donors (Lipinski definition) is 1. The Bertz CT molecular complexity index is 353. The summed E-state index contributed by atoms with van der Waals surface area (Å²) in [6.07, 6.45) is 4.03. The third kappa shape index (κ3) is 4.44. The summed E-state index contributed by atoms with van der Waals surface area (Å²) in [7, 11) is -3.41. The van der Waals surface area contributed by atoms with Crippen molar-refractivity contribution in [3.05, 3.63) is 0 Å². The van der Waals surface area contributed by atoms with Crippen LogP contribution in [0.1, 0.15) is 32.1 Å². The number of nitrogens with zero attached hydrogens (tertiary/aromatic N) is 1. The van der Waals surface area contributed by atoms with Crippen molar-refractivity contribution in [3.8, 4) is 0 Å². The first-order chi connectivity index (χ1) is 7.97. The first-order valence-corrected chi connectivity index (χ1v) is 7.95. The second-order valence-corrected chi connectivity index (χ2v) is 6.73. The number of primary amides is 1. The molecule has 1 aliphatic rings. The summed E-state index contributed by atoms with van der Waals surface area (Å²) in [6.45, 7) is -0.213. The van der Waals surface area contributed by atoms with E-state index in [1.54, 1.807) is 0 Å². The van der Waals surface area contributed by atoms with Crippen LogP contribution in [0, 0.1) is 0 Å². The minimum Gasteiger partial charge on any atom is -0.369 e. The summed E-state index contributed by atoms with van der Waals surface area (Å²) in [5.41, 5.74) is 5.12. The van der Waals surface area contributed by atoms with Gasteiger partial charge in [0.2, 0.25) is 15.9 Å². The van der Waals surface area contributed by atoms with E-state index in [2.05, 4.69) is 0 Å². The van der Waals surface area contributed by atoms with Gasteiger partial charge in [-0.15, -0.1) is 11.6 Å². The predicted molar refractivity (Wildman–Crippen MR) is 67.3 cm³/mol. The Labute approximate surface area is 107 Å². The summed E-state index contributed by atoms with van der Waals surface area (Å²) in [5.74, 6) is -0.319. The number of hydrogen-bond acceptors (Lipinski definition) is 3. The molecule has 0 saturated heterocycles.